The van der Waals surface area contributed by atoms with Crippen LogP contribution in [0, 0.1) is 0 Å². The molecule has 1 atom stereocenters. The van der Waals surface area contributed by atoms with Crippen LogP contribution in [0.4, 0.5) is 13.2 Å². The molecule has 0 aliphatic carbocycles. The molecule has 6 nitrogen and oxygen atoms in total. The Kier molecular flexibility index (Phi) is 6.33. The quantitative estimate of drug-likeness (QED) is 0.647. The number of rotatable bonds is 6. The fraction of sp³-hybridized carbons (Fsp3) is 0.409. The smallest absolute Gasteiger partial charge is 0.393 e. The monoisotopic (exact) mass is 431 g/mol. The number of aryl methyl sites for hydroxylation is 2. The predicted molar refractivity (Wildman–Crippen MR) is 108 cm³/mol. The summed E-state index contributed by atoms with van der Waals surface area (Å²) in [4.78, 5) is 2.13. The number of piperidine rings is 1. The molecule has 1 N–H and O–H groups in total. The lowest BCUT2D eigenvalue weighted by molar-refractivity contribution is -0.137. The van der Waals surface area contributed by atoms with Gasteiger partial charge in [0.15, 0.2) is 5.82 Å². The Morgan fingerprint density at radius 2 is 1.68 bits per heavy atom. The second kappa shape index (κ2) is 9.15. The van der Waals surface area contributed by atoms with Crippen molar-refractivity contribution in [2.45, 2.75) is 44.1 Å². The van der Waals surface area contributed by atoms with Crippen molar-refractivity contribution in [3.05, 3.63) is 77.1 Å². The number of nitrogens with zero attached hydrogens (tertiary/aromatic N) is 5. The Morgan fingerprint density at radius 1 is 1.00 bits per heavy atom. The third kappa shape index (κ3) is 5.11. The molecule has 0 spiro atoms. The lowest BCUT2D eigenvalue weighted by Crippen LogP contribution is -2.40. The number of aliphatic hydroxyl groups excluding tert-OH is 1. The summed E-state index contributed by atoms with van der Waals surface area (Å²) < 4.78 is 40.9. The molecule has 0 radical (unpaired) electrons. The van der Waals surface area contributed by atoms with E-state index in [0.717, 1.165) is 24.1 Å². The Hall–Kier alpha value is -2.78. The van der Waals surface area contributed by atoms with Crippen LogP contribution >= 0.6 is 0 Å². The Morgan fingerprint density at radius 3 is 2.32 bits per heavy atom. The van der Waals surface area contributed by atoms with E-state index in [0.29, 0.717) is 43.9 Å². The van der Waals surface area contributed by atoms with E-state index in [-0.39, 0.29) is 12.1 Å². The summed E-state index contributed by atoms with van der Waals surface area (Å²) in [7, 11) is 0. The minimum absolute atomic E-state index is 0.362. The summed E-state index contributed by atoms with van der Waals surface area (Å²) in [5, 5.41) is 22.1. The zero-order chi connectivity index (χ0) is 21.8. The summed E-state index contributed by atoms with van der Waals surface area (Å²) in [6.07, 6.45) is -2.82. The standard InChI is InChI=1S/C22H24F3N5O/c23-22(24,25)18-8-6-17(7-9-18)20(29-13-11-19(31)12-14-29)21-26-27-28-30(21)15-10-16-4-2-1-3-5-16/h1-9,19-20,31H,10-15H2. The molecule has 4 rings (SSSR count). The van der Waals surface area contributed by atoms with Gasteiger partial charge in [-0.1, -0.05) is 42.5 Å². The van der Waals surface area contributed by atoms with Crippen LogP contribution in [0.1, 0.15) is 41.4 Å². The van der Waals surface area contributed by atoms with Crippen molar-refractivity contribution in [2.75, 3.05) is 13.1 Å². The van der Waals surface area contributed by atoms with Gasteiger partial charge in [0.05, 0.1) is 17.7 Å². The van der Waals surface area contributed by atoms with E-state index in [1.807, 2.05) is 30.3 Å². The van der Waals surface area contributed by atoms with Gasteiger partial charge in [-0.05, 0) is 52.9 Å². The minimum Gasteiger partial charge on any atom is -0.393 e. The molecule has 1 unspecified atom stereocenters. The van der Waals surface area contributed by atoms with Crippen LogP contribution in [-0.2, 0) is 19.1 Å². The summed E-state index contributed by atoms with van der Waals surface area (Å²) in [6.45, 7) is 1.77. The average molecular weight is 431 g/mol. The number of alkyl halides is 3. The first-order valence-corrected chi connectivity index (χ1v) is 10.3. The van der Waals surface area contributed by atoms with Crippen molar-refractivity contribution in [1.29, 1.82) is 0 Å². The number of hydrogen-bond donors (Lipinski definition) is 1. The van der Waals surface area contributed by atoms with Gasteiger partial charge in [-0.2, -0.15) is 13.2 Å². The molecule has 1 aliphatic rings. The van der Waals surface area contributed by atoms with Crippen LogP contribution in [0.25, 0.3) is 0 Å². The molecule has 0 saturated carbocycles. The highest BCUT2D eigenvalue weighted by atomic mass is 19.4. The molecule has 2 heterocycles. The van der Waals surface area contributed by atoms with Crippen LogP contribution in [0.15, 0.2) is 54.6 Å². The van der Waals surface area contributed by atoms with Crippen molar-refractivity contribution in [3.63, 3.8) is 0 Å². The number of tetrazole rings is 1. The van der Waals surface area contributed by atoms with E-state index < -0.39 is 11.7 Å². The van der Waals surface area contributed by atoms with E-state index >= 15 is 0 Å². The third-order valence-electron chi connectivity index (χ3n) is 5.68. The molecule has 0 bridgehead atoms. The van der Waals surface area contributed by atoms with Gasteiger partial charge >= 0.3 is 6.18 Å². The first kappa shape index (κ1) is 21.5. The maximum Gasteiger partial charge on any atom is 0.416 e. The van der Waals surface area contributed by atoms with Crippen molar-refractivity contribution < 1.29 is 18.3 Å². The number of halogens is 3. The second-order valence-corrected chi connectivity index (χ2v) is 7.79. The van der Waals surface area contributed by atoms with Gasteiger partial charge in [0.1, 0.15) is 0 Å². The zero-order valence-corrected chi connectivity index (χ0v) is 16.9. The molecule has 1 aliphatic heterocycles. The van der Waals surface area contributed by atoms with Crippen molar-refractivity contribution in [1.82, 2.24) is 25.1 Å². The number of likely N-dealkylation sites (tertiary alicyclic amines) is 1. The summed E-state index contributed by atoms with van der Waals surface area (Å²) in [5.41, 5.74) is 1.16. The van der Waals surface area contributed by atoms with Crippen LogP contribution in [-0.4, -0.2) is 49.4 Å². The molecule has 164 valence electrons. The van der Waals surface area contributed by atoms with Crippen LogP contribution in [0.5, 0.6) is 0 Å². The van der Waals surface area contributed by atoms with Gasteiger partial charge in [-0.15, -0.1) is 5.10 Å². The van der Waals surface area contributed by atoms with E-state index in [1.54, 1.807) is 4.68 Å². The minimum atomic E-state index is -4.39. The molecule has 0 amide bonds. The summed E-state index contributed by atoms with van der Waals surface area (Å²) in [6, 6.07) is 14.8. The highest BCUT2D eigenvalue weighted by Crippen LogP contribution is 2.33. The predicted octanol–water partition coefficient (Wildman–Crippen LogP) is 3.48. The van der Waals surface area contributed by atoms with E-state index in [4.69, 9.17) is 0 Å². The van der Waals surface area contributed by atoms with Crippen LogP contribution < -0.4 is 0 Å². The lowest BCUT2D eigenvalue weighted by atomic mass is 9.98. The molecule has 1 fully saturated rings. The zero-order valence-electron chi connectivity index (χ0n) is 16.9. The SMILES string of the molecule is OC1CCN(C(c2ccc(C(F)(F)F)cc2)c2nnnn2CCc2ccccc2)CC1. The second-order valence-electron chi connectivity index (χ2n) is 7.79. The summed E-state index contributed by atoms with van der Waals surface area (Å²) >= 11 is 0. The molecule has 2 aromatic carbocycles. The summed E-state index contributed by atoms with van der Waals surface area (Å²) in [5.74, 6) is 0.590. The van der Waals surface area contributed by atoms with Gasteiger partial charge < -0.3 is 5.11 Å². The van der Waals surface area contributed by atoms with E-state index in [1.165, 1.54) is 12.1 Å². The van der Waals surface area contributed by atoms with E-state index in [9.17, 15) is 18.3 Å². The molecule has 1 aromatic heterocycles. The van der Waals surface area contributed by atoms with E-state index in [2.05, 4.69) is 20.4 Å². The molecule has 31 heavy (non-hydrogen) atoms. The average Bonchev–Trinajstić information content (AvgIpc) is 3.22. The highest BCUT2D eigenvalue weighted by Gasteiger charge is 2.33. The van der Waals surface area contributed by atoms with Crippen molar-refractivity contribution in [2.24, 2.45) is 0 Å². The van der Waals surface area contributed by atoms with Crippen molar-refractivity contribution in [3.8, 4) is 0 Å². The van der Waals surface area contributed by atoms with Crippen LogP contribution in [0.2, 0.25) is 0 Å². The van der Waals surface area contributed by atoms with Gasteiger partial charge in [-0.25, -0.2) is 4.68 Å². The first-order chi connectivity index (χ1) is 14.9. The van der Waals surface area contributed by atoms with Gasteiger partial charge in [0, 0.05) is 19.6 Å². The fourth-order valence-corrected chi connectivity index (χ4v) is 3.97. The van der Waals surface area contributed by atoms with Gasteiger partial charge in [-0.3, -0.25) is 4.90 Å². The Bertz CT molecular complexity index is 967. The number of hydrogen-bond acceptors (Lipinski definition) is 5. The topological polar surface area (TPSA) is 67.1 Å². The molecular weight excluding hydrogens is 407 g/mol. The highest BCUT2D eigenvalue weighted by molar-refractivity contribution is 5.30. The van der Waals surface area contributed by atoms with Gasteiger partial charge in [0.2, 0.25) is 0 Å². The van der Waals surface area contributed by atoms with Gasteiger partial charge in [0.25, 0.3) is 0 Å². The lowest BCUT2D eigenvalue weighted by Gasteiger charge is -2.35. The van der Waals surface area contributed by atoms with Crippen molar-refractivity contribution >= 4 is 0 Å². The Labute approximate surface area is 178 Å². The number of aromatic nitrogens is 4. The number of benzene rings is 2. The molecule has 1 saturated heterocycles. The number of aliphatic hydroxyl groups is 1. The third-order valence-corrected chi connectivity index (χ3v) is 5.68. The maximum atomic E-state index is 13.0. The molecule has 3 aromatic rings. The van der Waals surface area contributed by atoms with Crippen LogP contribution in [0.3, 0.4) is 0 Å². The maximum absolute atomic E-state index is 13.0. The fourth-order valence-electron chi connectivity index (χ4n) is 3.97. The Balaban J connectivity index is 1.63. The normalized spacial score (nSPS) is 17.0. The molecule has 9 heteroatoms. The first-order valence-electron chi connectivity index (χ1n) is 10.3. The largest absolute Gasteiger partial charge is 0.416 e. The molecular formula is C22H24F3N5O.